The molecule has 0 bridgehead atoms. The van der Waals surface area contributed by atoms with Crippen molar-refractivity contribution < 1.29 is 8.42 Å². The molecule has 2 heterocycles. The summed E-state index contributed by atoms with van der Waals surface area (Å²) >= 11 is 0. The van der Waals surface area contributed by atoms with E-state index in [2.05, 4.69) is 35.2 Å². The van der Waals surface area contributed by atoms with Crippen LogP contribution in [0.25, 0.3) is 0 Å². The van der Waals surface area contributed by atoms with Gasteiger partial charge in [0.15, 0.2) is 0 Å². The highest BCUT2D eigenvalue weighted by atomic mass is 32.2. The second kappa shape index (κ2) is 7.74. The molecule has 2 aliphatic rings. The molecular weight excluding hydrogens is 356 g/mol. The highest BCUT2D eigenvalue weighted by Crippen LogP contribution is 2.42. The molecule has 2 saturated heterocycles. The van der Waals surface area contributed by atoms with Crippen LogP contribution < -0.4 is 0 Å². The lowest BCUT2D eigenvalue weighted by molar-refractivity contribution is 0.000610. The van der Waals surface area contributed by atoms with Crippen molar-refractivity contribution in [2.24, 2.45) is 5.41 Å². The van der Waals surface area contributed by atoms with Gasteiger partial charge in [0.2, 0.25) is 10.0 Å². The van der Waals surface area contributed by atoms with Crippen molar-refractivity contribution in [3.8, 4) is 0 Å². The zero-order chi connectivity index (χ0) is 18.7. The molecule has 2 aromatic carbocycles. The summed E-state index contributed by atoms with van der Waals surface area (Å²) in [6.45, 7) is 4.68. The average Bonchev–Trinajstić information content (AvgIpc) is 2.68. The van der Waals surface area contributed by atoms with Gasteiger partial charge in [0, 0.05) is 18.5 Å². The fourth-order valence-corrected chi connectivity index (χ4v) is 6.02. The molecule has 1 spiro atoms. The predicted molar refractivity (Wildman–Crippen MR) is 108 cm³/mol. The maximum Gasteiger partial charge on any atom is 0.243 e. The van der Waals surface area contributed by atoms with Crippen LogP contribution in [0.2, 0.25) is 0 Å². The topological polar surface area (TPSA) is 40.6 Å². The van der Waals surface area contributed by atoms with Crippen LogP contribution in [-0.2, 0) is 16.4 Å². The summed E-state index contributed by atoms with van der Waals surface area (Å²) in [5.41, 5.74) is 1.62. The van der Waals surface area contributed by atoms with Crippen LogP contribution in [0.15, 0.2) is 65.6 Å². The second-order valence-electron chi connectivity index (χ2n) is 8.02. The van der Waals surface area contributed by atoms with E-state index in [-0.39, 0.29) is 5.41 Å². The van der Waals surface area contributed by atoms with Crippen molar-refractivity contribution in [1.29, 1.82) is 0 Å². The van der Waals surface area contributed by atoms with E-state index in [4.69, 9.17) is 0 Å². The minimum absolute atomic E-state index is 0.206. The van der Waals surface area contributed by atoms with Gasteiger partial charge in [0.1, 0.15) is 0 Å². The van der Waals surface area contributed by atoms with E-state index in [9.17, 15) is 8.42 Å². The molecule has 144 valence electrons. The molecule has 0 aliphatic carbocycles. The van der Waals surface area contributed by atoms with Crippen molar-refractivity contribution in [2.45, 2.75) is 30.6 Å². The Morgan fingerprint density at radius 2 is 1.44 bits per heavy atom. The summed E-state index contributed by atoms with van der Waals surface area (Å²) in [7, 11) is -3.32. The van der Waals surface area contributed by atoms with E-state index in [1.165, 1.54) is 12.0 Å². The maximum absolute atomic E-state index is 12.7. The molecule has 0 N–H and O–H groups in total. The van der Waals surface area contributed by atoms with Crippen LogP contribution in [0.4, 0.5) is 0 Å². The van der Waals surface area contributed by atoms with Crippen LogP contribution >= 0.6 is 0 Å². The molecule has 5 heteroatoms. The van der Waals surface area contributed by atoms with Gasteiger partial charge in [-0.15, -0.1) is 0 Å². The van der Waals surface area contributed by atoms with Crippen molar-refractivity contribution in [2.75, 3.05) is 32.7 Å². The van der Waals surface area contributed by atoms with E-state index in [1.807, 2.05) is 6.07 Å². The molecule has 0 radical (unpaired) electrons. The molecule has 2 aromatic rings. The Balaban J connectivity index is 1.23. The molecule has 2 aliphatic heterocycles. The third-order valence-electron chi connectivity index (χ3n) is 6.10. The summed E-state index contributed by atoms with van der Waals surface area (Å²) in [4.78, 5) is 2.96. The SMILES string of the molecule is O=S(=O)(c1ccccc1)N1CC2(CCN(CCCc3ccccc3)CC2)C1. The van der Waals surface area contributed by atoms with Crippen LogP contribution in [0.1, 0.15) is 24.8 Å². The number of likely N-dealkylation sites (tertiary alicyclic amines) is 1. The number of piperidine rings is 1. The monoisotopic (exact) mass is 384 g/mol. The van der Waals surface area contributed by atoms with E-state index in [0.717, 1.165) is 38.9 Å². The minimum atomic E-state index is -3.32. The third-order valence-corrected chi connectivity index (χ3v) is 7.91. The lowest BCUT2D eigenvalue weighted by Crippen LogP contribution is -2.61. The van der Waals surface area contributed by atoms with Gasteiger partial charge in [-0.3, -0.25) is 0 Å². The number of hydrogen-bond donors (Lipinski definition) is 0. The summed E-state index contributed by atoms with van der Waals surface area (Å²) in [6, 6.07) is 19.5. The first-order chi connectivity index (χ1) is 13.1. The lowest BCUT2D eigenvalue weighted by atomic mass is 9.73. The van der Waals surface area contributed by atoms with Crippen molar-refractivity contribution >= 4 is 10.0 Å². The Morgan fingerprint density at radius 3 is 2.07 bits per heavy atom. The smallest absolute Gasteiger partial charge is 0.243 e. The second-order valence-corrected chi connectivity index (χ2v) is 9.95. The van der Waals surface area contributed by atoms with E-state index < -0.39 is 10.0 Å². The Labute approximate surface area is 162 Å². The molecule has 0 aromatic heterocycles. The number of hydrogen-bond acceptors (Lipinski definition) is 3. The van der Waals surface area contributed by atoms with Gasteiger partial charge in [0.25, 0.3) is 0 Å². The molecule has 27 heavy (non-hydrogen) atoms. The molecule has 0 saturated carbocycles. The lowest BCUT2D eigenvalue weighted by Gasteiger charge is -2.53. The predicted octanol–water partition coefficient (Wildman–Crippen LogP) is 3.41. The molecule has 4 nitrogen and oxygen atoms in total. The normalized spacial score (nSPS) is 20.4. The zero-order valence-corrected chi connectivity index (χ0v) is 16.6. The molecule has 4 rings (SSSR count). The van der Waals surface area contributed by atoms with Crippen molar-refractivity contribution in [3.63, 3.8) is 0 Å². The molecule has 2 fully saturated rings. The Bertz CT molecular complexity index is 836. The van der Waals surface area contributed by atoms with Crippen LogP contribution in [-0.4, -0.2) is 50.3 Å². The largest absolute Gasteiger partial charge is 0.303 e. The van der Waals surface area contributed by atoms with Gasteiger partial charge in [-0.05, 0) is 63.0 Å². The quantitative estimate of drug-likeness (QED) is 0.766. The fourth-order valence-electron chi connectivity index (χ4n) is 4.33. The van der Waals surface area contributed by atoms with Gasteiger partial charge in [-0.25, -0.2) is 8.42 Å². The highest BCUT2D eigenvalue weighted by molar-refractivity contribution is 7.89. The van der Waals surface area contributed by atoms with Crippen molar-refractivity contribution in [1.82, 2.24) is 9.21 Å². The molecule has 0 atom stereocenters. The first-order valence-electron chi connectivity index (χ1n) is 9.89. The summed E-state index contributed by atoms with van der Waals surface area (Å²) in [5, 5.41) is 0. The maximum atomic E-state index is 12.7. The summed E-state index contributed by atoms with van der Waals surface area (Å²) < 4.78 is 27.1. The molecule has 0 unspecified atom stereocenters. The minimum Gasteiger partial charge on any atom is -0.303 e. The van der Waals surface area contributed by atoms with Crippen LogP contribution in [0.3, 0.4) is 0 Å². The molecule has 0 amide bonds. The van der Waals surface area contributed by atoms with Crippen molar-refractivity contribution in [3.05, 3.63) is 66.2 Å². The number of benzene rings is 2. The van der Waals surface area contributed by atoms with E-state index in [0.29, 0.717) is 18.0 Å². The van der Waals surface area contributed by atoms with Crippen LogP contribution in [0, 0.1) is 5.41 Å². The number of nitrogens with zero attached hydrogens (tertiary/aromatic N) is 2. The Kier molecular flexibility index (Phi) is 5.35. The van der Waals surface area contributed by atoms with Gasteiger partial charge >= 0.3 is 0 Å². The van der Waals surface area contributed by atoms with Gasteiger partial charge < -0.3 is 4.90 Å². The third kappa shape index (κ3) is 4.10. The Morgan fingerprint density at radius 1 is 0.852 bits per heavy atom. The number of rotatable bonds is 6. The number of sulfonamides is 1. The van der Waals surface area contributed by atoms with E-state index >= 15 is 0 Å². The first-order valence-corrected chi connectivity index (χ1v) is 11.3. The van der Waals surface area contributed by atoms with Gasteiger partial charge in [-0.2, -0.15) is 4.31 Å². The fraction of sp³-hybridized carbons (Fsp3) is 0.455. The number of aryl methyl sites for hydroxylation is 1. The highest BCUT2D eigenvalue weighted by Gasteiger charge is 2.49. The van der Waals surface area contributed by atoms with Gasteiger partial charge in [0.05, 0.1) is 4.90 Å². The first kappa shape index (κ1) is 18.7. The summed E-state index contributed by atoms with van der Waals surface area (Å²) in [5.74, 6) is 0. The van der Waals surface area contributed by atoms with Gasteiger partial charge in [-0.1, -0.05) is 48.5 Å². The zero-order valence-electron chi connectivity index (χ0n) is 15.8. The van der Waals surface area contributed by atoms with E-state index in [1.54, 1.807) is 28.6 Å². The Hall–Kier alpha value is -1.69. The summed E-state index contributed by atoms with van der Waals surface area (Å²) in [6.07, 6.45) is 4.54. The van der Waals surface area contributed by atoms with Crippen LogP contribution in [0.5, 0.6) is 0 Å². The molecular formula is C22H28N2O2S. The average molecular weight is 385 g/mol. The standard InChI is InChI=1S/C22H28N2O2S/c25-27(26,21-11-5-2-6-12-21)24-18-22(19-24)13-16-23(17-14-22)15-7-10-20-8-3-1-4-9-20/h1-6,8-9,11-12H,7,10,13-19H2.